The van der Waals surface area contributed by atoms with Crippen LogP contribution in [-0.4, -0.2) is 51.2 Å². The van der Waals surface area contributed by atoms with E-state index in [1.807, 2.05) is 0 Å². The summed E-state index contributed by atoms with van der Waals surface area (Å²) in [6, 6.07) is 0. The Morgan fingerprint density at radius 3 is 2.16 bits per heavy atom. The number of aromatic nitrogens is 4. The van der Waals surface area contributed by atoms with Gasteiger partial charge in [0.25, 0.3) is 5.95 Å². The number of sulfone groups is 1. The molecule has 0 aromatic carbocycles. The Morgan fingerprint density at radius 1 is 1.16 bits per heavy atom. The second-order valence-electron chi connectivity index (χ2n) is 7.08. The predicted octanol–water partition coefficient (Wildman–Crippen LogP) is 1.90. The zero-order chi connectivity index (χ0) is 19.7. The van der Waals surface area contributed by atoms with E-state index in [4.69, 9.17) is 0 Å². The molecule has 12 heteroatoms. The Hall–Kier alpha value is -1.72. The normalized spacial score (nSPS) is 13.8. The fourth-order valence-electron chi connectivity index (χ4n) is 1.66. The molecule has 8 nitrogen and oxygen atoms in total. The first-order chi connectivity index (χ1) is 11.1. The summed E-state index contributed by atoms with van der Waals surface area (Å²) < 4.78 is 59.1. The molecule has 144 valence electrons. The lowest BCUT2D eigenvalue weighted by molar-refractivity contribution is -0.134. The van der Waals surface area contributed by atoms with Crippen LogP contribution in [-0.2, 0) is 20.2 Å². The molecule has 1 amide bonds. The lowest BCUT2D eigenvalue weighted by Crippen LogP contribution is -2.46. The zero-order valence-electron chi connectivity index (χ0n) is 14.7. The van der Waals surface area contributed by atoms with Crippen LogP contribution in [0.25, 0.3) is 0 Å². The molecule has 0 fully saturated rings. The van der Waals surface area contributed by atoms with Crippen molar-refractivity contribution in [2.24, 2.45) is 0 Å². The van der Waals surface area contributed by atoms with Crippen molar-refractivity contribution >= 4 is 21.7 Å². The van der Waals surface area contributed by atoms with E-state index in [-0.39, 0.29) is 5.95 Å². The first-order valence-corrected chi connectivity index (χ1v) is 9.12. The van der Waals surface area contributed by atoms with Crippen LogP contribution in [0.5, 0.6) is 0 Å². The maximum absolute atomic E-state index is 12.3. The molecule has 1 N–H and O–H groups in total. The minimum absolute atomic E-state index is 0.182. The van der Waals surface area contributed by atoms with Gasteiger partial charge in [0, 0.05) is 6.42 Å². The fraction of sp³-hybridized carbons (Fsp3) is 0.846. The molecule has 0 aliphatic rings. The van der Waals surface area contributed by atoms with Gasteiger partial charge in [-0.05, 0) is 46.3 Å². The van der Waals surface area contributed by atoms with Gasteiger partial charge < -0.3 is 0 Å². The Labute approximate surface area is 144 Å². The van der Waals surface area contributed by atoms with Crippen LogP contribution in [0.3, 0.4) is 0 Å². The molecule has 0 bridgehead atoms. The molecule has 1 heterocycles. The average molecular weight is 385 g/mol. The molecule has 0 saturated carbocycles. The lowest BCUT2D eigenvalue weighted by Gasteiger charge is -2.23. The molecular formula is C13H22F3N5O3S. The van der Waals surface area contributed by atoms with E-state index in [1.165, 1.54) is 4.80 Å². The standard InChI is InChI=1S/C13H22F3N5O3S/c1-11(2,3)21-19-10(18-20-21)17-9(22)12(4,5)25(23,24)8-6-7-13(14,15)16/h6-8H2,1-5H3,(H,17,19,22). The predicted molar refractivity (Wildman–Crippen MR) is 84.6 cm³/mol. The molecular weight excluding hydrogens is 363 g/mol. The largest absolute Gasteiger partial charge is 0.389 e. The number of carbonyl (C=O) groups excluding carboxylic acids is 1. The first kappa shape index (κ1) is 21.3. The first-order valence-electron chi connectivity index (χ1n) is 7.47. The number of nitrogens with zero attached hydrogens (tertiary/aromatic N) is 4. The molecule has 0 spiro atoms. The fourth-order valence-corrected chi connectivity index (χ4v) is 3.03. The van der Waals surface area contributed by atoms with Crippen LogP contribution >= 0.6 is 0 Å². The minimum atomic E-state index is -4.45. The molecule has 1 aromatic rings. The van der Waals surface area contributed by atoms with Crippen molar-refractivity contribution < 1.29 is 26.4 Å². The number of tetrazole rings is 1. The quantitative estimate of drug-likeness (QED) is 0.802. The van der Waals surface area contributed by atoms with Gasteiger partial charge in [0.05, 0.1) is 11.3 Å². The van der Waals surface area contributed by atoms with Crippen LogP contribution in [0.15, 0.2) is 0 Å². The van der Waals surface area contributed by atoms with Crippen LogP contribution in [0, 0.1) is 0 Å². The Morgan fingerprint density at radius 2 is 1.72 bits per heavy atom. The molecule has 1 rings (SSSR count). The van der Waals surface area contributed by atoms with Crippen molar-refractivity contribution in [1.29, 1.82) is 0 Å². The van der Waals surface area contributed by atoms with Crippen molar-refractivity contribution in [2.75, 3.05) is 11.1 Å². The van der Waals surface area contributed by atoms with E-state index in [2.05, 4.69) is 20.7 Å². The van der Waals surface area contributed by atoms with Gasteiger partial charge in [-0.1, -0.05) is 5.10 Å². The highest BCUT2D eigenvalue weighted by Gasteiger charge is 2.42. The van der Waals surface area contributed by atoms with E-state index in [1.54, 1.807) is 20.8 Å². The molecule has 0 atom stereocenters. The van der Waals surface area contributed by atoms with Crippen molar-refractivity contribution in [3.63, 3.8) is 0 Å². The SMILES string of the molecule is CC(C)(C)n1nnc(NC(=O)C(C)(C)S(=O)(=O)CCCC(F)(F)F)n1. The maximum Gasteiger partial charge on any atom is 0.389 e. The number of carbonyl (C=O) groups is 1. The van der Waals surface area contributed by atoms with E-state index >= 15 is 0 Å². The molecule has 25 heavy (non-hydrogen) atoms. The van der Waals surface area contributed by atoms with Gasteiger partial charge in [-0.3, -0.25) is 10.1 Å². The number of anilines is 1. The second-order valence-corrected chi connectivity index (χ2v) is 9.73. The number of halogens is 3. The van der Waals surface area contributed by atoms with E-state index in [0.717, 1.165) is 13.8 Å². The smallest absolute Gasteiger partial charge is 0.291 e. The molecule has 0 aliphatic carbocycles. The number of nitrogens with one attached hydrogen (secondary N) is 1. The third kappa shape index (κ3) is 5.65. The van der Waals surface area contributed by atoms with Gasteiger partial charge in [0.2, 0.25) is 5.91 Å². The van der Waals surface area contributed by atoms with Gasteiger partial charge in [-0.15, -0.1) is 5.10 Å². The van der Waals surface area contributed by atoms with Crippen LogP contribution < -0.4 is 5.32 Å². The Kier molecular flexibility index (Phi) is 5.87. The molecule has 0 radical (unpaired) electrons. The van der Waals surface area contributed by atoms with Crippen molar-refractivity contribution in [3.8, 4) is 0 Å². The number of amides is 1. The summed E-state index contributed by atoms with van der Waals surface area (Å²) in [5, 5.41) is 13.5. The number of hydrogen-bond acceptors (Lipinski definition) is 6. The van der Waals surface area contributed by atoms with Crippen molar-refractivity contribution in [1.82, 2.24) is 20.2 Å². The third-order valence-corrected chi connectivity index (χ3v) is 6.00. The van der Waals surface area contributed by atoms with Crippen LogP contribution in [0.1, 0.15) is 47.5 Å². The monoisotopic (exact) mass is 385 g/mol. The third-order valence-electron chi connectivity index (χ3n) is 3.44. The average Bonchev–Trinajstić information content (AvgIpc) is 2.84. The Bertz CT molecular complexity index is 720. The van der Waals surface area contributed by atoms with Gasteiger partial charge in [0.15, 0.2) is 9.84 Å². The van der Waals surface area contributed by atoms with Crippen LogP contribution in [0.4, 0.5) is 19.1 Å². The van der Waals surface area contributed by atoms with Gasteiger partial charge in [-0.2, -0.15) is 18.0 Å². The summed E-state index contributed by atoms with van der Waals surface area (Å²) in [5.74, 6) is -1.87. The van der Waals surface area contributed by atoms with Crippen molar-refractivity contribution in [2.45, 2.75) is 63.9 Å². The summed E-state index contributed by atoms with van der Waals surface area (Å²) in [6.45, 7) is 7.65. The molecule has 0 saturated heterocycles. The molecule has 0 unspecified atom stereocenters. The maximum atomic E-state index is 12.3. The number of hydrogen-bond donors (Lipinski definition) is 1. The van der Waals surface area contributed by atoms with E-state index in [0.29, 0.717) is 0 Å². The summed E-state index contributed by atoms with van der Waals surface area (Å²) in [7, 11) is -4.12. The molecule has 1 aromatic heterocycles. The van der Waals surface area contributed by atoms with Gasteiger partial charge in [0.1, 0.15) is 4.75 Å². The van der Waals surface area contributed by atoms with Gasteiger partial charge >= 0.3 is 6.18 Å². The second kappa shape index (κ2) is 6.89. The molecule has 0 aliphatic heterocycles. The van der Waals surface area contributed by atoms with Crippen LogP contribution in [0.2, 0.25) is 0 Å². The topological polar surface area (TPSA) is 107 Å². The highest BCUT2D eigenvalue weighted by atomic mass is 32.2. The number of alkyl halides is 3. The summed E-state index contributed by atoms with van der Waals surface area (Å²) in [6.07, 6.45) is -6.29. The zero-order valence-corrected chi connectivity index (χ0v) is 15.5. The lowest BCUT2D eigenvalue weighted by atomic mass is 10.1. The summed E-state index contributed by atoms with van der Waals surface area (Å²) in [5.41, 5.74) is -0.491. The minimum Gasteiger partial charge on any atom is -0.291 e. The highest BCUT2D eigenvalue weighted by Crippen LogP contribution is 2.25. The van der Waals surface area contributed by atoms with Crippen molar-refractivity contribution in [3.05, 3.63) is 0 Å². The summed E-state index contributed by atoms with van der Waals surface area (Å²) >= 11 is 0. The number of rotatable bonds is 6. The van der Waals surface area contributed by atoms with Gasteiger partial charge in [-0.25, -0.2) is 8.42 Å². The Balaban J connectivity index is 2.82. The summed E-state index contributed by atoms with van der Waals surface area (Å²) in [4.78, 5) is 13.5. The van der Waals surface area contributed by atoms with E-state index in [9.17, 15) is 26.4 Å². The highest BCUT2D eigenvalue weighted by molar-refractivity contribution is 7.93. The van der Waals surface area contributed by atoms with E-state index < -0.39 is 50.8 Å².